The van der Waals surface area contributed by atoms with Crippen molar-refractivity contribution in [2.75, 3.05) is 5.32 Å². The van der Waals surface area contributed by atoms with Crippen LogP contribution < -0.4 is 11.1 Å². The smallest absolute Gasteiger partial charge is 0.258 e. The first-order chi connectivity index (χ1) is 11.2. The Morgan fingerprint density at radius 1 is 1.32 bits per heavy atom. The van der Waals surface area contributed by atoms with Gasteiger partial charge in [-0.2, -0.15) is 0 Å². The monoisotopic (exact) mass is 384 g/mol. The number of aromatic nitrogens is 2. The number of amides is 1. The van der Waals surface area contributed by atoms with E-state index in [2.05, 4.69) is 22.2 Å². The number of halogens is 2. The standard InChI is InChI=1S/C17H20N4O2.2ClH/c1-2-3-4-16-20-14-6-5-12(8-15(14)21-16)19-17(22)11-7-13(9-18)23-10-11;;/h5-8,10H,2-4,9,18H2,1H3,(H,19,22)(H,20,21);2*1H. The summed E-state index contributed by atoms with van der Waals surface area (Å²) < 4.78 is 5.18. The fourth-order valence-corrected chi connectivity index (χ4v) is 2.41. The molecule has 0 bridgehead atoms. The van der Waals surface area contributed by atoms with Gasteiger partial charge in [0, 0.05) is 12.1 Å². The van der Waals surface area contributed by atoms with Gasteiger partial charge in [0.25, 0.3) is 5.91 Å². The lowest BCUT2D eigenvalue weighted by molar-refractivity contribution is 0.102. The Balaban J connectivity index is 0.00000156. The van der Waals surface area contributed by atoms with Gasteiger partial charge in [0.2, 0.25) is 0 Å². The molecule has 0 atom stereocenters. The summed E-state index contributed by atoms with van der Waals surface area (Å²) in [6.07, 6.45) is 4.58. The van der Waals surface area contributed by atoms with E-state index in [1.165, 1.54) is 6.26 Å². The largest absolute Gasteiger partial charge is 0.467 e. The summed E-state index contributed by atoms with van der Waals surface area (Å²) in [5.74, 6) is 1.34. The van der Waals surface area contributed by atoms with Crippen LogP contribution in [0.1, 0.15) is 41.7 Å². The van der Waals surface area contributed by atoms with E-state index >= 15 is 0 Å². The second-order valence-corrected chi connectivity index (χ2v) is 5.48. The summed E-state index contributed by atoms with van der Waals surface area (Å²) in [6, 6.07) is 7.28. The second-order valence-electron chi connectivity index (χ2n) is 5.48. The summed E-state index contributed by atoms with van der Waals surface area (Å²) in [5, 5.41) is 2.85. The normalized spacial score (nSPS) is 10.2. The molecule has 1 amide bonds. The molecule has 6 nitrogen and oxygen atoms in total. The van der Waals surface area contributed by atoms with Gasteiger partial charge >= 0.3 is 0 Å². The third kappa shape index (κ3) is 4.98. The first-order valence-corrected chi connectivity index (χ1v) is 7.77. The fraction of sp³-hybridized carbons (Fsp3) is 0.294. The summed E-state index contributed by atoms with van der Waals surface area (Å²) in [4.78, 5) is 20.0. The average Bonchev–Trinajstić information content (AvgIpc) is 3.18. The van der Waals surface area contributed by atoms with E-state index in [1.807, 2.05) is 18.2 Å². The molecule has 4 N–H and O–H groups in total. The molecule has 0 fully saturated rings. The molecule has 0 saturated heterocycles. The number of nitrogens with zero attached hydrogens (tertiary/aromatic N) is 1. The van der Waals surface area contributed by atoms with Crippen LogP contribution in [0.25, 0.3) is 11.0 Å². The van der Waals surface area contributed by atoms with E-state index in [0.29, 0.717) is 17.0 Å². The van der Waals surface area contributed by atoms with Crippen LogP contribution in [0.4, 0.5) is 5.69 Å². The van der Waals surface area contributed by atoms with Crippen LogP contribution in [0.3, 0.4) is 0 Å². The van der Waals surface area contributed by atoms with Gasteiger partial charge in [-0.3, -0.25) is 4.79 Å². The van der Waals surface area contributed by atoms with Crippen LogP contribution in [0, 0.1) is 0 Å². The first-order valence-electron chi connectivity index (χ1n) is 7.77. The number of hydrogen-bond acceptors (Lipinski definition) is 4. The lowest BCUT2D eigenvalue weighted by atomic mass is 10.2. The molecular formula is C17H22Cl2N4O2. The third-order valence-corrected chi connectivity index (χ3v) is 3.67. The van der Waals surface area contributed by atoms with Crippen LogP contribution in [-0.2, 0) is 13.0 Å². The topological polar surface area (TPSA) is 96.9 Å². The molecule has 8 heteroatoms. The molecule has 2 aromatic heterocycles. The molecule has 1 aromatic carbocycles. The number of carbonyl (C=O) groups is 1. The highest BCUT2D eigenvalue weighted by Crippen LogP contribution is 2.19. The lowest BCUT2D eigenvalue weighted by Gasteiger charge is -2.02. The third-order valence-electron chi connectivity index (χ3n) is 3.67. The van der Waals surface area contributed by atoms with E-state index < -0.39 is 0 Å². The number of fused-ring (bicyclic) bond motifs is 1. The van der Waals surface area contributed by atoms with Crippen molar-refractivity contribution in [2.24, 2.45) is 5.73 Å². The Bertz CT molecular complexity index is 829. The van der Waals surface area contributed by atoms with Crippen molar-refractivity contribution in [3.8, 4) is 0 Å². The van der Waals surface area contributed by atoms with Gasteiger partial charge in [-0.05, 0) is 30.7 Å². The summed E-state index contributed by atoms with van der Waals surface area (Å²) in [5.41, 5.74) is 8.47. The number of benzene rings is 1. The maximum atomic E-state index is 12.2. The number of carbonyl (C=O) groups excluding carboxylic acids is 1. The molecule has 136 valence electrons. The molecule has 0 aliphatic heterocycles. The maximum absolute atomic E-state index is 12.2. The number of unbranched alkanes of at least 4 members (excludes halogenated alkanes) is 1. The van der Waals surface area contributed by atoms with Crippen molar-refractivity contribution in [3.05, 3.63) is 47.7 Å². The van der Waals surface area contributed by atoms with Crippen molar-refractivity contribution < 1.29 is 9.21 Å². The van der Waals surface area contributed by atoms with Gasteiger partial charge in [-0.15, -0.1) is 24.8 Å². The Labute approximate surface area is 158 Å². The second kappa shape index (κ2) is 9.46. The minimum Gasteiger partial charge on any atom is -0.467 e. The Kier molecular flexibility index (Phi) is 7.96. The molecule has 0 unspecified atom stereocenters. The number of hydrogen-bond donors (Lipinski definition) is 3. The minimum absolute atomic E-state index is 0. The zero-order valence-corrected chi connectivity index (χ0v) is 15.5. The number of H-pyrrole nitrogens is 1. The predicted molar refractivity (Wildman–Crippen MR) is 104 cm³/mol. The number of rotatable bonds is 6. The fourth-order valence-electron chi connectivity index (χ4n) is 2.41. The van der Waals surface area contributed by atoms with Crippen LogP contribution in [0.2, 0.25) is 0 Å². The average molecular weight is 385 g/mol. The van der Waals surface area contributed by atoms with Crippen molar-refractivity contribution in [2.45, 2.75) is 32.7 Å². The molecule has 0 aliphatic carbocycles. The molecule has 0 radical (unpaired) electrons. The molecule has 3 rings (SSSR count). The Morgan fingerprint density at radius 2 is 2.12 bits per heavy atom. The highest BCUT2D eigenvalue weighted by atomic mass is 35.5. The summed E-state index contributed by atoms with van der Waals surface area (Å²) >= 11 is 0. The molecule has 3 aromatic rings. The zero-order valence-electron chi connectivity index (χ0n) is 13.9. The molecule has 0 aliphatic rings. The van der Waals surface area contributed by atoms with Gasteiger partial charge < -0.3 is 20.5 Å². The van der Waals surface area contributed by atoms with E-state index in [-0.39, 0.29) is 37.3 Å². The molecular weight excluding hydrogens is 363 g/mol. The molecule has 0 spiro atoms. The number of nitrogens with one attached hydrogen (secondary N) is 2. The predicted octanol–water partition coefficient (Wildman–Crippen LogP) is 4.05. The van der Waals surface area contributed by atoms with E-state index in [9.17, 15) is 4.79 Å². The van der Waals surface area contributed by atoms with Crippen molar-refractivity contribution in [1.29, 1.82) is 0 Å². The van der Waals surface area contributed by atoms with E-state index in [4.69, 9.17) is 10.2 Å². The minimum atomic E-state index is -0.224. The maximum Gasteiger partial charge on any atom is 0.258 e. The highest BCUT2D eigenvalue weighted by Gasteiger charge is 2.11. The van der Waals surface area contributed by atoms with E-state index in [1.54, 1.807) is 6.07 Å². The molecule has 2 heterocycles. The number of aryl methyl sites for hydroxylation is 1. The zero-order chi connectivity index (χ0) is 16.2. The van der Waals surface area contributed by atoms with Crippen LogP contribution >= 0.6 is 24.8 Å². The van der Waals surface area contributed by atoms with Gasteiger partial charge in [-0.25, -0.2) is 4.98 Å². The Morgan fingerprint density at radius 3 is 2.80 bits per heavy atom. The molecule has 0 saturated carbocycles. The van der Waals surface area contributed by atoms with Gasteiger partial charge in [0.15, 0.2) is 0 Å². The van der Waals surface area contributed by atoms with Crippen molar-refractivity contribution >= 4 is 47.4 Å². The molecule has 25 heavy (non-hydrogen) atoms. The van der Waals surface area contributed by atoms with Gasteiger partial charge in [0.1, 0.15) is 17.8 Å². The number of furan rings is 1. The van der Waals surface area contributed by atoms with Crippen molar-refractivity contribution in [3.63, 3.8) is 0 Å². The number of imidazole rings is 1. The number of anilines is 1. The number of nitrogens with two attached hydrogens (primary N) is 1. The van der Waals surface area contributed by atoms with Gasteiger partial charge in [0.05, 0.1) is 23.1 Å². The van der Waals surface area contributed by atoms with Gasteiger partial charge in [-0.1, -0.05) is 13.3 Å². The van der Waals surface area contributed by atoms with E-state index in [0.717, 1.165) is 36.1 Å². The van der Waals surface area contributed by atoms with Crippen LogP contribution in [0.5, 0.6) is 0 Å². The lowest BCUT2D eigenvalue weighted by Crippen LogP contribution is -2.10. The van der Waals surface area contributed by atoms with Crippen molar-refractivity contribution in [1.82, 2.24) is 9.97 Å². The summed E-state index contributed by atoms with van der Waals surface area (Å²) in [7, 11) is 0. The van der Waals surface area contributed by atoms with Crippen LogP contribution in [0.15, 0.2) is 34.9 Å². The number of aromatic amines is 1. The Hall–Kier alpha value is -2.02. The highest BCUT2D eigenvalue weighted by molar-refractivity contribution is 6.04. The first kappa shape index (κ1) is 21.0. The van der Waals surface area contributed by atoms with Crippen LogP contribution in [-0.4, -0.2) is 15.9 Å². The SMILES string of the molecule is CCCCc1nc2ccc(NC(=O)c3coc(CN)c3)cc2[nH]1.Cl.Cl. The quantitative estimate of drug-likeness (QED) is 0.596. The summed E-state index contributed by atoms with van der Waals surface area (Å²) in [6.45, 7) is 2.43.